The Balaban J connectivity index is 2.31. The standard InChI is InChI=1S/C16H17N3/c1-10-5-6-14(12(3)11(10)2)15-9-18-16-13(4)17-7-8-19(15)16/h5-9H,1-4H3. The molecule has 0 unspecified atom stereocenters. The highest BCUT2D eigenvalue weighted by Gasteiger charge is 2.11. The minimum atomic E-state index is 0.926. The van der Waals surface area contributed by atoms with E-state index < -0.39 is 0 Å². The van der Waals surface area contributed by atoms with Crippen LogP contribution in [0.25, 0.3) is 16.9 Å². The van der Waals surface area contributed by atoms with E-state index in [0.29, 0.717) is 0 Å². The lowest BCUT2D eigenvalue weighted by molar-refractivity contribution is 1.08. The Hall–Kier alpha value is -2.16. The molecule has 3 rings (SSSR count). The molecule has 19 heavy (non-hydrogen) atoms. The fourth-order valence-electron chi connectivity index (χ4n) is 2.48. The maximum Gasteiger partial charge on any atom is 0.158 e. The van der Waals surface area contributed by atoms with Crippen LogP contribution in [0.2, 0.25) is 0 Å². The minimum Gasteiger partial charge on any atom is -0.297 e. The highest BCUT2D eigenvalue weighted by Crippen LogP contribution is 2.28. The van der Waals surface area contributed by atoms with Crippen LogP contribution in [0.4, 0.5) is 0 Å². The molecule has 2 heterocycles. The minimum absolute atomic E-state index is 0.926. The van der Waals surface area contributed by atoms with E-state index in [9.17, 15) is 0 Å². The van der Waals surface area contributed by atoms with Gasteiger partial charge in [0, 0.05) is 18.0 Å². The number of benzene rings is 1. The molecule has 96 valence electrons. The third-order valence-electron chi connectivity index (χ3n) is 3.94. The molecular formula is C16H17N3. The average Bonchev–Trinajstić information content (AvgIpc) is 2.82. The van der Waals surface area contributed by atoms with E-state index >= 15 is 0 Å². The molecule has 0 saturated heterocycles. The summed E-state index contributed by atoms with van der Waals surface area (Å²) in [5, 5.41) is 0. The molecule has 0 spiro atoms. The van der Waals surface area contributed by atoms with E-state index in [1.165, 1.54) is 22.3 Å². The third kappa shape index (κ3) is 1.73. The normalized spacial score (nSPS) is 11.2. The van der Waals surface area contributed by atoms with Crippen molar-refractivity contribution in [2.75, 3.05) is 0 Å². The van der Waals surface area contributed by atoms with Gasteiger partial charge in [0.1, 0.15) is 0 Å². The maximum absolute atomic E-state index is 4.49. The Bertz CT molecular complexity index is 769. The zero-order valence-electron chi connectivity index (χ0n) is 11.7. The van der Waals surface area contributed by atoms with E-state index in [-0.39, 0.29) is 0 Å². The summed E-state index contributed by atoms with van der Waals surface area (Å²) in [6, 6.07) is 4.35. The largest absolute Gasteiger partial charge is 0.297 e. The Morgan fingerprint density at radius 2 is 1.74 bits per heavy atom. The van der Waals surface area contributed by atoms with Gasteiger partial charge in [0.2, 0.25) is 0 Å². The molecule has 0 amide bonds. The zero-order chi connectivity index (χ0) is 13.6. The van der Waals surface area contributed by atoms with Crippen molar-refractivity contribution in [2.24, 2.45) is 0 Å². The second-order valence-electron chi connectivity index (χ2n) is 5.03. The summed E-state index contributed by atoms with van der Waals surface area (Å²) in [4.78, 5) is 8.77. The Morgan fingerprint density at radius 3 is 2.53 bits per heavy atom. The van der Waals surface area contributed by atoms with Gasteiger partial charge >= 0.3 is 0 Å². The molecule has 3 heteroatoms. The zero-order valence-corrected chi connectivity index (χ0v) is 11.7. The summed E-state index contributed by atoms with van der Waals surface area (Å²) >= 11 is 0. The lowest BCUT2D eigenvalue weighted by atomic mass is 9.97. The van der Waals surface area contributed by atoms with Crippen LogP contribution in [-0.2, 0) is 0 Å². The van der Waals surface area contributed by atoms with Gasteiger partial charge in [-0.05, 0) is 44.4 Å². The third-order valence-corrected chi connectivity index (χ3v) is 3.94. The molecule has 0 atom stereocenters. The van der Waals surface area contributed by atoms with Crippen LogP contribution in [0.5, 0.6) is 0 Å². The van der Waals surface area contributed by atoms with E-state index in [1.807, 2.05) is 25.5 Å². The van der Waals surface area contributed by atoms with Crippen molar-refractivity contribution in [3.8, 4) is 11.3 Å². The van der Waals surface area contributed by atoms with Gasteiger partial charge in [0.25, 0.3) is 0 Å². The van der Waals surface area contributed by atoms with Gasteiger partial charge in [-0.2, -0.15) is 0 Å². The monoisotopic (exact) mass is 251 g/mol. The van der Waals surface area contributed by atoms with E-state index in [0.717, 1.165) is 17.0 Å². The number of aromatic nitrogens is 3. The Kier molecular flexibility index (Phi) is 2.63. The number of aryl methyl sites for hydroxylation is 2. The molecule has 3 aromatic rings. The summed E-state index contributed by atoms with van der Waals surface area (Å²) < 4.78 is 2.11. The fraction of sp³-hybridized carbons (Fsp3) is 0.250. The molecular weight excluding hydrogens is 234 g/mol. The highest BCUT2D eigenvalue weighted by molar-refractivity contribution is 5.69. The van der Waals surface area contributed by atoms with Gasteiger partial charge in [0.15, 0.2) is 5.65 Å². The number of hydrogen-bond acceptors (Lipinski definition) is 2. The average molecular weight is 251 g/mol. The van der Waals surface area contributed by atoms with Gasteiger partial charge in [-0.25, -0.2) is 4.98 Å². The highest BCUT2D eigenvalue weighted by atomic mass is 15.0. The maximum atomic E-state index is 4.49. The quantitative estimate of drug-likeness (QED) is 0.661. The van der Waals surface area contributed by atoms with Gasteiger partial charge < -0.3 is 0 Å². The van der Waals surface area contributed by atoms with Gasteiger partial charge in [-0.15, -0.1) is 0 Å². The van der Waals surface area contributed by atoms with E-state index in [1.54, 1.807) is 0 Å². The second-order valence-corrected chi connectivity index (χ2v) is 5.03. The summed E-state index contributed by atoms with van der Waals surface area (Å²) in [7, 11) is 0. The number of nitrogens with zero attached hydrogens (tertiary/aromatic N) is 3. The first-order valence-corrected chi connectivity index (χ1v) is 6.45. The van der Waals surface area contributed by atoms with E-state index in [2.05, 4.69) is 47.3 Å². The molecule has 2 aromatic heterocycles. The van der Waals surface area contributed by atoms with Crippen molar-refractivity contribution in [1.29, 1.82) is 0 Å². The first kappa shape index (κ1) is 11.9. The number of imidazole rings is 1. The van der Waals surface area contributed by atoms with Crippen LogP contribution in [0.3, 0.4) is 0 Å². The molecule has 1 aromatic carbocycles. The Morgan fingerprint density at radius 1 is 0.947 bits per heavy atom. The first-order chi connectivity index (χ1) is 9.09. The predicted octanol–water partition coefficient (Wildman–Crippen LogP) is 3.63. The van der Waals surface area contributed by atoms with Crippen LogP contribution in [0.15, 0.2) is 30.7 Å². The summed E-state index contributed by atoms with van der Waals surface area (Å²) in [5.74, 6) is 0. The van der Waals surface area contributed by atoms with Crippen molar-refractivity contribution >= 4 is 5.65 Å². The predicted molar refractivity (Wildman–Crippen MR) is 77.4 cm³/mol. The lowest BCUT2D eigenvalue weighted by Crippen LogP contribution is -1.95. The Labute approximate surface area is 113 Å². The first-order valence-electron chi connectivity index (χ1n) is 6.45. The molecule has 0 aliphatic rings. The molecule has 0 bridgehead atoms. The van der Waals surface area contributed by atoms with Crippen molar-refractivity contribution in [1.82, 2.24) is 14.4 Å². The van der Waals surface area contributed by atoms with Crippen LogP contribution in [0.1, 0.15) is 22.4 Å². The van der Waals surface area contributed by atoms with Crippen LogP contribution in [-0.4, -0.2) is 14.4 Å². The van der Waals surface area contributed by atoms with Crippen molar-refractivity contribution in [3.05, 3.63) is 53.1 Å². The van der Waals surface area contributed by atoms with Crippen LogP contribution >= 0.6 is 0 Å². The summed E-state index contributed by atoms with van der Waals surface area (Å²) in [6.07, 6.45) is 5.73. The smallest absolute Gasteiger partial charge is 0.158 e. The van der Waals surface area contributed by atoms with Crippen molar-refractivity contribution in [2.45, 2.75) is 27.7 Å². The number of fused-ring (bicyclic) bond motifs is 1. The summed E-state index contributed by atoms with van der Waals surface area (Å²) in [5.41, 5.74) is 8.23. The lowest BCUT2D eigenvalue weighted by Gasteiger charge is -2.11. The second kappa shape index (κ2) is 4.19. The van der Waals surface area contributed by atoms with Gasteiger partial charge in [-0.1, -0.05) is 12.1 Å². The van der Waals surface area contributed by atoms with E-state index in [4.69, 9.17) is 0 Å². The van der Waals surface area contributed by atoms with Gasteiger partial charge in [0.05, 0.1) is 17.6 Å². The topological polar surface area (TPSA) is 30.2 Å². The molecule has 3 nitrogen and oxygen atoms in total. The fourth-order valence-corrected chi connectivity index (χ4v) is 2.48. The molecule has 0 aliphatic heterocycles. The number of rotatable bonds is 1. The van der Waals surface area contributed by atoms with Crippen LogP contribution in [0, 0.1) is 27.7 Å². The van der Waals surface area contributed by atoms with Gasteiger partial charge in [-0.3, -0.25) is 9.38 Å². The molecule has 0 aliphatic carbocycles. The van der Waals surface area contributed by atoms with Crippen molar-refractivity contribution < 1.29 is 0 Å². The molecule has 0 saturated carbocycles. The molecule has 0 radical (unpaired) electrons. The molecule has 0 fully saturated rings. The van der Waals surface area contributed by atoms with Crippen molar-refractivity contribution in [3.63, 3.8) is 0 Å². The van der Waals surface area contributed by atoms with Crippen LogP contribution < -0.4 is 0 Å². The summed E-state index contributed by atoms with van der Waals surface area (Å²) in [6.45, 7) is 8.48. The molecule has 0 N–H and O–H groups in total. The number of hydrogen-bond donors (Lipinski definition) is 0. The SMILES string of the molecule is Cc1ccc(-c2cnc3c(C)nccn23)c(C)c1C.